The second-order valence-electron chi connectivity index (χ2n) is 9.00. The molecule has 3 N–H and O–H groups in total. The van der Waals surface area contributed by atoms with Crippen LogP contribution in [0.5, 0.6) is 0 Å². The Bertz CT molecular complexity index is 1330. The standard InChI is InChI=1S/C26H26ClFN4O4S/c1-14(2)32-10-9-20-22(13-32)37-25(31-20)24(34)30-21-12-16(26(35)36)4-3-15(21)11-19(28)23(33)29-18-7-5-17(27)6-8-18/h3-8,12,14,19H,9-11,13H2,1-2H3,(H,29,33)(H,30,34)(H,35,36). The maximum absolute atomic E-state index is 14.9. The molecular weight excluding hydrogens is 519 g/mol. The Balaban J connectivity index is 1.51. The van der Waals surface area contributed by atoms with Gasteiger partial charge in [-0.05, 0) is 55.8 Å². The van der Waals surface area contributed by atoms with E-state index in [1.807, 2.05) is 0 Å². The van der Waals surface area contributed by atoms with Gasteiger partial charge >= 0.3 is 5.97 Å². The Morgan fingerprint density at radius 1 is 1.16 bits per heavy atom. The molecule has 0 saturated heterocycles. The zero-order valence-electron chi connectivity index (χ0n) is 20.3. The van der Waals surface area contributed by atoms with E-state index in [4.69, 9.17) is 11.6 Å². The number of rotatable bonds is 8. The summed E-state index contributed by atoms with van der Waals surface area (Å²) in [5.74, 6) is -2.58. The van der Waals surface area contributed by atoms with Gasteiger partial charge in [0.25, 0.3) is 11.8 Å². The number of nitrogens with one attached hydrogen (secondary N) is 2. The van der Waals surface area contributed by atoms with Gasteiger partial charge in [0.15, 0.2) is 11.2 Å². The van der Waals surface area contributed by atoms with E-state index in [-0.39, 0.29) is 28.2 Å². The van der Waals surface area contributed by atoms with Crippen molar-refractivity contribution in [2.75, 3.05) is 17.2 Å². The number of carboxylic acid groups (broad SMARTS) is 1. The summed E-state index contributed by atoms with van der Waals surface area (Å²) in [5, 5.41) is 15.3. The molecule has 4 rings (SSSR count). The van der Waals surface area contributed by atoms with E-state index in [1.54, 1.807) is 24.3 Å². The lowest BCUT2D eigenvalue weighted by molar-refractivity contribution is -0.120. The first-order chi connectivity index (χ1) is 17.6. The number of hydrogen-bond donors (Lipinski definition) is 3. The molecule has 0 bridgehead atoms. The van der Waals surface area contributed by atoms with Gasteiger partial charge in [-0.1, -0.05) is 17.7 Å². The molecule has 0 radical (unpaired) electrons. The molecule has 3 aromatic rings. The van der Waals surface area contributed by atoms with Crippen LogP contribution in [0.1, 0.15) is 50.1 Å². The predicted molar refractivity (Wildman–Crippen MR) is 141 cm³/mol. The van der Waals surface area contributed by atoms with Gasteiger partial charge in [-0.25, -0.2) is 14.2 Å². The Morgan fingerprint density at radius 2 is 1.89 bits per heavy atom. The number of hydrogen-bond acceptors (Lipinski definition) is 6. The Labute approximate surface area is 222 Å². The molecule has 2 aromatic carbocycles. The first-order valence-electron chi connectivity index (χ1n) is 11.7. The van der Waals surface area contributed by atoms with Crippen LogP contribution in [0, 0.1) is 0 Å². The number of halogens is 2. The Kier molecular flexibility index (Phi) is 8.21. The predicted octanol–water partition coefficient (Wildman–Crippen LogP) is 5.03. The smallest absolute Gasteiger partial charge is 0.335 e. The van der Waals surface area contributed by atoms with E-state index in [9.17, 15) is 23.9 Å². The molecule has 0 fully saturated rings. The maximum Gasteiger partial charge on any atom is 0.335 e. The molecule has 2 heterocycles. The zero-order valence-corrected chi connectivity index (χ0v) is 21.8. The minimum Gasteiger partial charge on any atom is -0.478 e. The number of benzene rings is 2. The minimum absolute atomic E-state index is 0.0777. The highest BCUT2D eigenvalue weighted by atomic mass is 35.5. The monoisotopic (exact) mass is 544 g/mol. The lowest BCUT2D eigenvalue weighted by atomic mass is 10.0. The fourth-order valence-electron chi connectivity index (χ4n) is 3.97. The van der Waals surface area contributed by atoms with Gasteiger partial charge in [-0.3, -0.25) is 14.5 Å². The quantitative estimate of drug-likeness (QED) is 0.366. The fourth-order valence-corrected chi connectivity index (χ4v) is 5.13. The third kappa shape index (κ3) is 6.51. The maximum atomic E-state index is 14.9. The van der Waals surface area contributed by atoms with Gasteiger partial charge in [0.2, 0.25) is 0 Å². The lowest BCUT2D eigenvalue weighted by Crippen LogP contribution is -2.35. The van der Waals surface area contributed by atoms with Crippen LogP contribution >= 0.6 is 22.9 Å². The van der Waals surface area contributed by atoms with Gasteiger partial charge in [-0.15, -0.1) is 11.3 Å². The molecule has 0 spiro atoms. The summed E-state index contributed by atoms with van der Waals surface area (Å²) in [7, 11) is 0. The van der Waals surface area contributed by atoms with Crippen LogP contribution in [0.4, 0.5) is 15.8 Å². The van der Waals surface area contributed by atoms with Gasteiger partial charge in [0, 0.05) is 53.2 Å². The first-order valence-corrected chi connectivity index (χ1v) is 12.9. The van der Waals surface area contributed by atoms with E-state index < -0.39 is 24.0 Å². The van der Waals surface area contributed by atoms with Crippen LogP contribution < -0.4 is 10.6 Å². The lowest BCUT2D eigenvalue weighted by Gasteiger charge is -2.29. The average molecular weight is 545 g/mol. The number of amides is 2. The van der Waals surface area contributed by atoms with Crippen LogP contribution in [0.15, 0.2) is 42.5 Å². The van der Waals surface area contributed by atoms with Crippen molar-refractivity contribution in [3.8, 4) is 0 Å². The van der Waals surface area contributed by atoms with Crippen molar-refractivity contribution in [1.82, 2.24) is 9.88 Å². The summed E-state index contributed by atoms with van der Waals surface area (Å²) in [6.07, 6.45) is -1.58. The molecule has 1 aliphatic heterocycles. The van der Waals surface area contributed by atoms with Crippen LogP contribution in [0.25, 0.3) is 0 Å². The second-order valence-corrected chi connectivity index (χ2v) is 10.5. The second kappa shape index (κ2) is 11.4. The molecule has 1 aliphatic rings. The number of nitrogens with zero attached hydrogens (tertiary/aromatic N) is 2. The molecule has 2 amide bonds. The number of aromatic carboxylic acids is 1. The van der Waals surface area contributed by atoms with Crippen molar-refractivity contribution in [1.29, 1.82) is 0 Å². The SMILES string of the molecule is CC(C)N1CCc2nc(C(=O)Nc3cc(C(=O)O)ccc3CC(F)C(=O)Nc3ccc(Cl)cc3)sc2C1. The summed E-state index contributed by atoms with van der Waals surface area (Å²) in [6.45, 7) is 5.80. The molecule has 11 heteroatoms. The molecule has 194 valence electrons. The third-order valence-corrected chi connectivity index (χ3v) is 7.42. The van der Waals surface area contributed by atoms with Crippen LogP contribution in [0.2, 0.25) is 5.02 Å². The van der Waals surface area contributed by atoms with Gasteiger partial charge in [0.05, 0.1) is 11.3 Å². The molecule has 0 aliphatic carbocycles. The molecule has 8 nitrogen and oxygen atoms in total. The average Bonchev–Trinajstić information content (AvgIpc) is 3.30. The molecular formula is C26H26ClFN4O4S. The third-order valence-electron chi connectivity index (χ3n) is 6.09. The summed E-state index contributed by atoms with van der Waals surface area (Å²) in [4.78, 5) is 44.8. The van der Waals surface area contributed by atoms with E-state index in [1.165, 1.54) is 29.5 Å². The number of thiazole rings is 1. The summed E-state index contributed by atoms with van der Waals surface area (Å²) in [5.41, 5.74) is 1.59. The van der Waals surface area contributed by atoms with Gasteiger partial charge in [-0.2, -0.15) is 0 Å². The number of alkyl halides is 1. The highest BCUT2D eigenvalue weighted by Crippen LogP contribution is 2.28. The highest BCUT2D eigenvalue weighted by Gasteiger charge is 2.26. The molecule has 1 atom stereocenters. The van der Waals surface area contributed by atoms with Crippen molar-refractivity contribution < 1.29 is 23.9 Å². The van der Waals surface area contributed by atoms with Crippen LogP contribution in [-0.2, 0) is 24.2 Å². The number of carbonyl (C=O) groups is 3. The largest absolute Gasteiger partial charge is 0.478 e. The van der Waals surface area contributed by atoms with Crippen molar-refractivity contribution in [2.24, 2.45) is 0 Å². The van der Waals surface area contributed by atoms with E-state index in [2.05, 4.69) is 34.4 Å². The highest BCUT2D eigenvalue weighted by molar-refractivity contribution is 7.13. The number of aromatic nitrogens is 1. The van der Waals surface area contributed by atoms with E-state index in [0.717, 1.165) is 23.5 Å². The Morgan fingerprint density at radius 3 is 2.57 bits per heavy atom. The van der Waals surface area contributed by atoms with Crippen LogP contribution in [0.3, 0.4) is 0 Å². The summed E-state index contributed by atoms with van der Waals surface area (Å²) in [6, 6.07) is 10.6. The normalized spacial score (nSPS) is 14.2. The topological polar surface area (TPSA) is 112 Å². The zero-order chi connectivity index (χ0) is 26.7. The van der Waals surface area contributed by atoms with Crippen molar-refractivity contribution >= 4 is 52.1 Å². The Hall–Kier alpha value is -3.34. The van der Waals surface area contributed by atoms with Crippen LogP contribution in [-0.4, -0.2) is 51.5 Å². The van der Waals surface area contributed by atoms with E-state index >= 15 is 0 Å². The van der Waals surface area contributed by atoms with Gasteiger partial charge < -0.3 is 15.7 Å². The van der Waals surface area contributed by atoms with E-state index in [0.29, 0.717) is 23.3 Å². The molecule has 1 unspecified atom stereocenters. The number of carbonyl (C=O) groups excluding carboxylic acids is 2. The summed E-state index contributed by atoms with van der Waals surface area (Å²) < 4.78 is 14.9. The van der Waals surface area contributed by atoms with Gasteiger partial charge in [0.1, 0.15) is 0 Å². The fraction of sp³-hybridized carbons (Fsp3) is 0.308. The van der Waals surface area contributed by atoms with Crippen molar-refractivity contribution in [2.45, 2.75) is 45.4 Å². The number of anilines is 2. The first kappa shape index (κ1) is 26.7. The summed E-state index contributed by atoms with van der Waals surface area (Å²) >= 11 is 7.13. The molecule has 0 saturated carbocycles. The molecule has 37 heavy (non-hydrogen) atoms. The minimum atomic E-state index is -1.95. The molecule has 1 aromatic heterocycles. The number of fused-ring (bicyclic) bond motifs is 1. The van der Waals surface area contributed by atoms with Crippen molar-refractivity contribution in [3.63, 3.8) is 0 Å². The number of carboxylic acids is 1. The van der Waals surface area contributed by atoms with Crippen molar-refractivity contribution in [3.05, 3.63) is 74.2 Å².